The van der Waals surface area contributed by atoms with Crippen LogP contribution in [0.2, 0.25) is 0 Å². The Morgan fingerprint density at radius 1 is 1.64 bits per heavy atom. The zero-order chi connectivity index (χ0) is 7.56. The molecule has 1 heterocycles. The lowest BCUT2D eigenvalue weighted by Gasteiger charge is -2.24. The van der Waals surface area contributed by atoms with Gasteiger partial charge < -0.3 is 15.9 Å². The van der Waals surface area contributed by atoms with Gasteiger partial charge >= 0.3 is 5.97 Å². The second-order valence-corrected chi connectivity index (χ2v) is 2.97. The number of carboxylic acids is 1. The third-order valence-corrected chi connectivity index (χ3v) is 1.96. The molecule has 0 saturated carbocycles. The first kappa shape index (κ1) is 10.4. The molecule has 66 valence electrons. The Labute approximate surface area is 65.9 Å². The van der Waals surface area contributed by atoms with Gasteiger partial charge in [-0.2, -0.15) is 0 Å². The van der Waals surface area contributed by atoms with Crippen LogP contribution in [0.5, 0.6) is 0 Å². The van der Waals surface area contributed by atoms with E-state index in [2.05, 4.69) is 12.2 Å². The second-order valence-electron chi connectivity index (χ2n) is 2.97. The monoisotopic (exact) mass is 161 g/mol. The molecule has 1 rings (SSSR count). The number of rotatable bonds is 1. The summed E-state index contributed by atoms with van der Waals surface area (Å²) in [5.74, 6) is -0.158. The minimum Gasteiger partial charge on any atom is -0.480 e. The van der Waals surface area contributed by atoms with Crippen LogP contribution in [-0.2, 0) is 4.79 Å². The quantitative estimate of drug-likeness (QED) is 0.550. The van der Waals surface area contributed by atoms with Gasteiger partial charge in [-0.3, -0.25) is 4.79 Å². The summed E-state index contributed by atoms with van der Waals surface area (Å²) >= 11 is 0. The van der Waals surface area contributed by atoms with Crippen LogP contribution in [0.15, 0.2) is 0 Å². The zero-order valence-corrected chi connectivity index (χ0v) is 6.63. The van der Waals surface area contributed by atoms with E-state index in [9.17, 15) is 4.79 Å². The van der Waals surface area contributed by atoms with Crippen molar-refractivity contribution in [3.8, 4) is 0 Å². The van der Waals surface area contributed by atoms with Crippen molar-refractivity contribution < 1.29 is 15.4 Å². The molecular weight excluding hydrogens is 146 g/mol. The molecule has 0 aromatic heterocycles. The lowest BCUT2D eigenvalue weighted by molar-refractivity contribution is -0.140. The van der Waals surface area contributed by atoms with E-state index in [0.29, 0.717) is 5.92 Å². The summed E-state index contributed by atoms with van der Waals surface area (Å²) in [6, 6.07) is -0.302. The molecule has 4 heteroatoms. The van der Waals surface area contributed by atoms with Crippen LogP contribution in [0.1, 0.15) is 19.8 Å². The Kier molecular flexibility index (Phi) is 4.07. The standard InChI is InChI=1S/C7H13NO2.H2O/c1-5-2-3-8-6(4-5)7(9)10;/h5-6,8H,2-4H2,1H3,(H,9,10);1H2. The van der Waals surface area contributed by atoms with Crippen molar-refractivity contribution in [3.05, 3.63) is 0 Å². The molecule has 1 saturated heterocycles. The van der Waals surface area contributed by atoms with Gasteiger partial charge in [-0.1, -0.05) is 6.92 Å². The zero-order valence-electron chi connectivity index (χ0n) is 6.63. The molecule has 11 heavy (non-hydrogen) atoms. The van der Waals surface area contributed by atoms with Gasteiger partial charge in [-0.05, 0) is 25.3 Å². The molecule has 2 atom stereocenters. The smallest absolute Gasteiger partial charge is 0.320 e. The Morgan fingerprint density at radius 2 is 2.27 bits per heavy atom. The van der Waals surface area contributed by atoms with Crippen molar-refractivity contribution in [1.82, 2.24) is 5.32 Å². The highest BCUT2D eigenvalue weighted by atomic mass is 16.4. The Balaban J connectivity index is 0.000001000. The van der Waals surface area contributed by atoms with Crippen molar-refractivity contribution in [2.75, 3.05) is 6.54 Å². The van der Waals surface area contributed by atoms with Crippen molar-refractivity contribution >= 4 is 5.97 Å². The minimum absolute atomic E-state index is 0. The average molecular weight is 161 g/mol. The van der Waals surface area contributed by atoms with Crippen LogP contribution < -0.4 is 5.32 Å². The predicted octanol–water partition coefficient (Wildman–Crippen LogP) is -0.366. The first-order valence-electron chi connectivity index (χ1n) is 3.66. The molecule has 0 bridgehead atoms. The summed E-state index contributed by atoms with van der Waals surface area (Å²) in [7, 11) is 0. The van der Waals surface area contributed by atoms with Gasteiger partial charge in [0.05, 0.1) is 0 Å². The molecular formula is C7H15NO3. The Bertz CT molecular complexity index is 138. The molecule has 1 aliphatic heterocycles. The molecule has 0 amide bonds. The van der Waals surface area contributed by atoms with E-state index in [-0.39, 0.29) is 11.5 Å². The van der Waals surface area contributed by atoms with Gasteiger partial charge in [0.2, 0.25) is 0 Å². The largest absolute Gasteiger partial charge is 0.480 e. The third kappa shape index (κ3) is 2.86. The molecule has 0 aromatic carbocycles. The number of hydrogen-bond acceptors (Lipinski definition) is 2. The molecule has 1 fully saturated rings. The van der Waals surface area contributed by atoms with Gasteiger partial charge in [0, 0.05) is 0 Å². The summed E-state index contributed by atoms with van der Waals surface area (Å²) < 4.78 is 0. The van der Waals surface area contributed by atoms with E-state index < -0.39 is 5.97 Å². The topological polar surface area (TPSA) is 80.8 Å². The van der Waals surface area contributed by atoms with E-state index in [4.69, 9.17) is 5.11 Å². The van der Waals surface area contributed by atoms with Crippen molar-refractivity contribution in [1.29, 1.82) is 0 Å². The molecule has 4 N–H and O–H groups in total. The van der Waals surface area contributed by atoms with Crippen LogP contribution >= 0.6 is 0 Å². The maximum absolute atomic E-state index is 10.4. The highest BCUT2D eigenvalue weighted by Crippen LogP contribution is 2.14. The fourth-order valence-corrected chi connectivity index (χ4v) is 1.30. The highest BCUT2D eigenvalue weighted by Gasteiger charge is 2.23. The summed E-state index contributed by atoms with van der Waals surface area (Å²) in [6.07, 6.45) is 1.87. The van der Waals surface area contributed by atoms with Crippen LogP contribution in [0.4, 0.5) is 0 Å². The molecule has 1 aliphatic rings. The number of hydrogen-bond donors (Lipinski definition) is 2. The van der Waals surface area contributed by atoms with Gasteiger partial charge in [0.25, 0.3) is 0 Å². The molecule has 4 nitrogen and oxygen atoms in total. The number of carboxylic acid groups (broad SMARTS) is 1. The minimum atomic E-state index is -0.716. The number of aliphatic carboxylic acids is 1. The maximum atomic E-state index is 10.4. The number of nitrogens with one attached hydrogen (secondary N) is 1. The van der Waals surface area contributed by atoms with E-state index in [1.54, 1.807) is 0 Å². The lowest BCUT2D eigenvalue weighted by atomic mass is 9.94. The van der Waals surface area contributed by atoms with Crippen LogP contribution in [-0.4, -0.2) is 29.1 Å². The van der Waals surface area contributed by atoms with Gasteiger partial charge in [0.1, 0.15) is 6.04 Å². The normalized spacial score (nSPS) is 30.6. The van der Waals surface area contributed by atoms with E-state index in [0.717, 1.165) is 19.4 Å². The number of carbonyl (C=O) groups is 1. The molecule has 0 aromatic rings. The Morgan fingerprint density at radius 3 is 2.64 bits per heavy atom. The van der Waals surface area contributed by atoms with Gasteiger partial charge in [0.15, 0.2) is 0 Å². The third-order valence-electron chi connectivity index (χ3n) is 1.96. The first-order valence-corrected chi connectivity index (χ1v) is 3.66. The highest BCUT2D eigenvalue weighted by molar-refractivity contribution is 5.73. The Hall–Kier alpha value is -0.610. The maximum Gasteiger partial charge on any atom is 0.320 e. The fourth-order valence-electron chi connectivity index (χ4n) is 1.30. The summed E-state index contributed by atoms with van der Waals surface area (Å²) in [5.41, 5.74) is 0. The summed E-state index contributed by atoms with van der Waals surface area (Å²) in [5, 5.41) is 11.5. The van der Waals surface area contributed by atoms with Crippen LogP contribution in [0.3, 0.4) is 0 Å². The predicted molar refractivity (Wildman–Crippen MR) is 41.4 cm³/mol. The van der Waals surface area contributed by atoms with E-state index >= 15 is 0 Å². The van der Waals surface area contributed by atoms with Crippen LogP contribution in [0, 0.1) is 5.92 Å². The van der Waals surface area contributed by atoms with Crippen molar-refractivity contribution in [2.24, 2.45) is 5.92 Å². The summed E-state index contributed by atoms with van der Waals surface area (Å²) in [4.78, 5) is 10.4. The van der Waals surface area contributed by atoms with Crippen molar-refractivity contribution in [3.63, 3.8) is 0 Å². The van der Waals surface area contributed by atoms with E-state index in [1.807, 2.05) is 0 Å². The molecule has 0 radical (unpaired) electrons. The van der Waals surface area contributed by atoms with Crippen molar-refractivity contribution in [2.45, 2.75) is 25.8 Å². The second kappa shape index (κ2) is 4.31. The first-order chi connectivity index (χ1) is 4.70. The fraction of sp³-hybridized carbons (Fsp3) is 0.857. The lowest BCUT2D eigenvalue weighted by Crippen LogP contribution is -2.42. The van der Waals surface area contributed by atoms with Gasteiger partial charge in [-0.25, -0.2) is 0 Å². The SMILES string of the molecule is CC1CCNC(C(=O)O)C1.O. The number of piperidine rings is 1. The molecule has 0 spiro atoms. The van der Waals surface area contributed by atoms with E-state index in [1.165, 1.54) is 0 Å². The average Bonchev–Trinajstić information content (AvgIpc) is 1.88. The summed E-state index contributed by atoms with van der Waals surface area (Å²) in [6.45, 7) is 2.94. The molecule has 2 unspecified atom stereocenters. The van der Waals surface area contributed by atoms with Gasteiger partial charge in [-0.15, -0.1) is 0 Å². The van der Waals surface area contributed by atoms with Crippen LogP contribution in [0.25, 0.3) is 0 Å². The molecule has 0 aliphatic carbocycles.